The molecule has 1 rings (SSSR count). The number of aliphatic hydroxyl groups excluding tert-OH is 1. The summed E-state index contributed by atoms with van der Waals surface area (Å²) in [5, 5.41) is 8.76. The molecule has 0 aromatic rings. The van der Waals surface area contributed by atoms with Gasteiger partial charge in [0.15, 0.2) is 0 Å². The van der Waals surface area contributed by atoms with Crippen LogP contribution in [0.5, 0.6) is 0 Å². The second-order valence-corrected chi connectivity index (χ2v) is 3.11. The fourth-order valence-corrected chi connectivity index (χ4v) is 1.46. The first-order valence-corrected chi connectivity index (χ1v) is 4.51. The normalized spacial score (nSPS) is 27.0. The largest absolute Gasteiger partial charge is 0.395 e. The lowest BCUT2D eigenvalue weighted by Gasteiger charge is -2.21. The molecule has 1 unspecified atom stereocenters. The Balaban J connectivity index is 2.31. The molecule has 3 N–H and O–H groups in total. The van der Waals surface area contributed by atoms with Gasteiger partial charge in [-0.05, 0) is 6.42 Å². The van der Waals surface area contributed by atoms with Crippen LogP contribution < -0.4 is 5.73 Å². The van der Waals surface area contributed by atoms with Crippen LogP contribution in [-0.4, -0.2) is 55.5 Å². The van der Waals surface area contributed by atoms with Crippen LogP contribution in [0.25, 0.3) is 0 Å². The van der Waals surface area contributed by atoms with Crippen molar-refractivity contribution in [2.24, 2.45) is 5.73 Å². The Labute approximate surface area is 73.3 Å². The molecule has 4 heteroatoms. The van der Waals surface area contributed by atoms with E-state index in [4.69, 9.17) is 15.6 Å². The van der Waals surface area contributed by atoms with Crippen LogP contribution in [0.15, 0.2) is 0 Å². The Bertz CT molecular complexity index is 122. The Kier molecular flexibility index (Phi) is 4.53. The second-order valence-electron chi connectivity index (χ2n) is 3.11. The summed E-state index contributed by atoms with van der Waals surface area (Å²) in [5.41, 5.74) is 5.52. The van der Waals surface area contributed by atoms with Crippen LogP contribution in [0.3, 0.4) is 0 Å². The van der Waals surface area contributed by atoms with Crippen LogP contribution in [0.4, 0.5) is 0 Å². The SMILES string of the molecule is NCC1CN(CCO)CCCO1. The van der Waals surface area contributed by atoms with Crippen molar-refractivity contribution in [3.05, 3.63) is 0 Å². The molecule has 4 nitrogen and oxygen atoms in total. The molecule has 0 aromatic carbocycles. The van der Waals surface area contributed by atoms with Crippen molar-refractivity contribution < 1.29 is 9.84 Å². The molecule has 1 heterocycles. The van der Waals surface area contributed by atoms with Crippen molar-refractivity contribution in [2.45, 2.75) is 12.5 Å². The van der Waals surface area contributed by atoms with Gasteiger partial charge >= 0.3 is 0 Å². The van der Waals surface area contributed by atoms with Crippen molar-refractivity contribution in [3.8, 4) is 0 Å². The zero-order chi connectivity index (χ0) is 8.81. The van der Waals surface area contributed by atoms with Crippen molar-refractivity contribution >= 4 is 0 Å². The van der Waals surface area contributed by atoms with Gasteiger partial charge in [0.2, 0.25) is 0 Å². The van der Waals surface area contributed by atoms with Crippen molar-refractivity contribution in [1.82, 2.24) is 4.90 Å². The summed E-state index contributed by atoms with van der Waals surface area (Å²) in [6.45, 7) is 4.19. The smallest absolute Gasteiger partial charge is 0.0823 e. The number of nitrogens with zero attached hydrogens (tertiary/aromatic N) is 1. The third kappa shape index (κ3) is 3.06. The minimum atomic E-state index is 0.152. The Morgan fingerprint density at radius 1 is 1.58 bits per heavy atom. The number of aliphatic hydroxyl groups is 1. The minimum absolute atomic E-state index is 0.152. The van der Waals surface area contributed by atoms with Gasteiger partial charge in [0.25, 0.3) is 0 Å². The highest BCUT2D eigenvalue weighted by molar-refractivity contribution is 4.70. The van der Waals surface area contributed by atoms with Crippen LogP contribution in [0, 0.1) is 0 Å². The van der Waals surface area contributed by atoms with E-state index in [2.05, 4.69) is 4.90 Å². The molecular weight excluding hydrogens is 156 g/mol. The molecule has 1 aliphatic rings. The van der Waals surface area contributed by atoms with Gasteiger partial charge < -0.3 is 15.6 Å². The third-order valence-electron chi connectivity index (χ3n) is 2.11. The summed E-state index contributed by atoms with van der Waals surface area (Å²) in [6, 6.07) is 0. The van der Waals surface area contributed by atoms with Crippen molar-refractivity contribution in [1.29, 1.82) is 0 Å². The number of rotatable bonds is 3. The number of ether oxygens (including phenoxy) is 1. The van der Waals surface area contributed by atoms with Crippen molar-refractivity contribution in [3.63, 3.8) is 0 Å². The second kappa shape index (κ2) is 5.48. The maximum atomic E-state index is 8.76. The lowest BCUT2D eigenvalue weighted by Crippen LogP contribution is -2.37. The highest BCUT2D eigenvalue weighted by Crippen LogP contribution is 2.03. The molecule has 0 saturated carbocycles. The van der Waals surface area contributed by atoms with E-state index in [9.17, 15) is 0 Å². The summed E-state index contributed by atoms with van der Waals surface area (Å²) in [7, 11) is 0. The zero-order valence-electron chi connectivity index (χ0n) is 7.41. The van der Waals surface area contributed by atoms with E-state index in [1.165, 1.54) is 0 Å². The molecule has 0 spiro atoms. The molecule has 1 aliphatic heterocycles. The third-order valence-corrected chi connectivity index (χ3v) is 2.11. The molecule has 1 fully saturated rings. The number of nitrogens with two attached hydrogens (primary N) is 1. The van der Waals surface area contributed by atoms with E-state index in [0.717, 1.165) is 32.7 Å². The molecule has 0 bridgehead atoms. The molecule has 0 amide bonds. The Morgan fingerprint density at radius 3 is 3.08 bits per heavy atom. The first-order chi connectivity index (χ1) is 5.86. The fraction of sp³-hybridized carbons (Fsp3) is 1.00. The van der Waals surface area contributed by atoms with Gasteiger partial charge in [-0.25, -0.2) is 0 Å². The fourth-order valence-electron chi connectivity index (χ4n) is 1.46. The number of hydrogen-bond acceptors (Lipinski definition) is 4. The monoisotopic (exact) mass is 174 g/mol. The quantitative estimate of drug-likeness (QED) is 0.578. The highest BCUT2D eigenvalue weighted by Gasteiger charge is 2.16. The van der Waals surface area contributed by atoms with Gasteiger partial charge in [-0.3, -0.25) is 4.90 Å². The van der Waals surface area contributed by atoms with Crippen LogP contribution >= 0.6 is 0 Å². The van der Waals surface area contributed by atoms with E-state index >= 15 is 0 Å². The molecule has 0 aromatic heterocycles. The zero-order valence-corrected chi connectivity index (χ0v) is 7.41. The molecule has 1 atom stereocenters. The van der Waals surface area contributed by atoms with Gasteiger partial charge in [-0.15, -0.1) is 0 Å². The van der Waals surface area contributed by atoms with E-state index in [1.807, 2.05) is 0 Å². The highest BCUT2D eigenvalue weighted by atomic mass is 16.5. The van der Waals surface area contributed by atoms with E-state index in [-0.39, 0.29) is 12.7 Å². The minimum Gasteiger partial charge on any atom is -0.395 e. The van der Waals surface area contributed by atoms with Crippen LogP contribution in [0.2, 0.25) is 0 Å². The Hall–Kier alpha value is -0.160. The molecule has 12 heavy (non-hydrogen) atoms. The standard InChI is InChI=1S/C8H18N2O2/c9-6-8-7-10(3-4-11)2-1-5-12-8/h8,11H,1-7,9H2. The first-order valence-electron chi connectivity index (χ1n) is 4.51. The first kappa shape index (κ1) is 9.92. The molecule has 0 radical (unpaired) electrons. The average molecular weight is 174 g/mol. The van der Waals surface area contributed by atoms with Gasteiger partial charge in [0.05, 0.1) is 12.7 Å². The number of β-amino-alcohol motifs (C(OH)–C–C–N with tert-alkyl or cyclic N) is 1. The van der Waals surface area contributed by atoms with Gasteiger partial charge in [-0.2, -0.15) is 0 Å². The predicted octanol–water partition coefficient (Wildman–Crippen LogP) is -0.972. The van der Waals surface area contributed by atoms with Crippen LogP contribution in [-0.2, 0) is 4.74 Å². The maximum Gasteiger partial charge on any atom is 0.0823 e. The van der Waals surface area contributed by atoms with E-state index in [1.54, 1.807) is 0 Å². The van der Waals surface area contributed by atoms with E-state index in [0.29, 0.717) is 6.54 Å². The molecule has 72 valence electrons. The topological polar surface area (TPSA) is 58.7 Å². The van der Waals surface area contributed by atoms with Gasteiger partial charge in [0.1, 0.15) is 0 Å². The van der Waals surface area contributed by atoms with Gasteiger partial charge in [0, 0.05) is 32.8 Å². The molecular formula is C8H18N2O2. The summed E-state index contributed by atoms with van der Waals surface area (Å²) < 4.78 is 5.48. The predicted molar refractivity (Wildman–Crippen MR) is 46.9 cm³/mol. The summed E-state index contributed by atoms with van der Waals surface area (Å²) in [5.74, 6) is 0. The lowest BCUT2D eigenvalue weighted by atomic mass is 10.3. The van der Waals surface area contributed by atoms with E-state index < -0.39 is 0 Å². The van der Waals surface area contributed by atoms with Gasteiger partial charge in [-0.1, -0.05) is 0 Å². The summed E-state index contributed by atoms with van der Waals surface area (Å²) >= 11 is 0. The summed E-state index contributed by atoms with van der Waals surface area (Å²) in [4.78, 5) is 2.20. The molecule has 1 saturated heterocycles. The van der Waals surface area contributed by atoms with Crippen LogP contribution in [0.1, 0.15) is 6.42 Å². The van der Waals surface area contributed by atoms with Crippen molar-refractivity contribution in [2.75, 3.05) is 39.4 Å². The summed E-state index contributed by atoms with van der Waals surface area (Å²) in [6.07, 6.45) is 1.19. The molecule has 0 aliphatic carbocycles. The Morgan fingerprint density at radius 2 is 2.42 bits per heavy atom. The number of hydrogen-bond donors (Lipinski definition) is 2. The lowest BCUT2D eigenvalue weighted by molar-refractivity contribution is 0.0582. The maximum absolute atomic E-state index is 8.76. The average Bonchev–Trinajstić information content (AvgIpc) is 2.30.